The molecule has 4 heterocycles. The SMILES string of the molecule is C=C(c1ccc(-c2ccc(-c3ncn(C)c(=O)n3)cc2O)nn1)[C@H]1C[C@]2(C)CCC(N2)[C@H]1F. The largest absolute Gasteiger partial charge is 0.507 e. The fourth-order valence-electron chi connectivity index (χ4n) is 4.91. The molecule has 9 heteroatoms. The Hall–Kier alpha value is -3.46. The highest BCUT2D eigenvalue weighted by atomic mass is 19.1. The van der Waals surface area contributed by atoms with Crippen molar-refractivity contribution in [3.05, 3.63) is 59.4 Å². The van der Waals surface area contributed by atoms with Crippen LogP contribution in [0.15, 0.2) is 48.0 Å². The van der Waals surface area contributed by atoms with Gasteiger partial charge in [-0.05, 0) is 56.0 Å². The van der Waals surface area contributed by atoms with Crippen LogP contribution in [0.1, 0.15) is 31.9 Å². The minimum Gasteiger partial charge on any atom is -0.507 e. The van der Waals surface area contributed by atoms with Crippen molar-refractivity contribution < 1.29 is 9.50 Å². The van der Waals surface area contributed by atoms with E-state index in [1.165, 1.54) is 17.0 Å². The van der Waals surface area contributed by atoms with Gasteiger partial charge in [0.15, 0.2) is 5.82 Å². The summed E-state index contributed by atoms with van der Waals surface area (Å²) in [6, 6.07) is 8.23. The molecule has 170 valence electrons. The predicted octanol–water partition coefficient (Wildman–Crippen LogP) is 2.89. The zero-order valence-electron chi connectivity index (χ0n) is 18.5. The first-order valence-corrected chi connectivity index (χ1v) is 10.9. The molecule has 0 spiro atoms. The molecule has 1 unspecified atom stereocenters. The first-order chi connectivity index (χ1) is 15.7. The van der Waals surface area contributed by atoms with Crippen molar-refractivity contribution in [2.24, 2.45) is 13.0 Å². The summed E-state index contributed by atoms with van der Waals surface area (Å²) in [4.78, 5) is 19.8. The van der Waals surface area contributed by atoms with Crippen LogP contribution in [0.2, 0.25) is 0 Å². The molecule has 0 amide bonds. The summed E-state index contributed by atoms with van der Waals surface area (Å²) in [5.74, 6) is -0.109. The number of hydrogen-bond acceptors (Lipinski definition) is 7. The van der Waals surface area contributed by atoms with Gasteiger partial charge in [0.05, 0.1) is 11.4 Å². The number of aryl methyl sites for hydroxylation is 1. The molecule has 2 fully saturated rings. The number of nitrogens with zero attached hydrogens (tertiary/aromatic N) is 5. The van der Waals surface area contributed by atoms with E-state index in [0.717, 1.165) is 12.8 Å². The Morgan fingerprint density at radius 1 is 1.30 bits per heavy atom. The molecule has 5 rings (SSSR count). The average molecular weight is 449 g/mol. The Labute approximate surface area is 190 Å². The third-order valence-corrected chi connectivity index (χ3v) is 6.81. The lowest BCUT2D eigenvalue weighted by Crippen LogP contribution is -2.53. The van der Waals surface area contributed by atoms with Gasteiger partial charge >= 0.3 is 5.69 Å². The van der Waals surface area contributed by atoms with E-state index in [9.17, 15) is 9.90 Å². The lowest BCUT2D eigenvalue weighted by molar-refractivity contribution is 0.135. The number of hydrogen-bond donors (Lipinski definition) is 2. The van der Waals surface area contributed by atoms with Crippen LogP contribution in [-0.2, 0) is 7.05 Å². The van der Waals surface area contributed by atoms with Crippen molar-refractivity contribution in [3.8, 4) is 28.4 Å². The van der Waals surface area contributed by atoms with E-state index in [4.69, 9.17) is 0 Å². The molecule has 4 atom stereocenters. The number of piperidine rings is 1. The van der Waals surface area contributed by atoms with Gasteiger partial charge in [0.1, 0.15) is 18.2 Å². The molecule has 0 saturated carbocycles. The molecule has 1 aromatic carbocycles. The summed E-state index contributed by atoms with van der Waals surface area (Å²) < 4.78 is 16.3. The molecule has 2 N–H and O–H groups in total. The highest BCUT2D eigenvalue weighted by Crippen LogP contribution is 2.44. The average Bonchev–Trinajstić information content (AvgIpc) is 3.15. The van der Waals surface area contributed by atoms with Crippen molar-refractivity contribution >= 4 is 5.57 Å². The lowest BCUT2D eigenvalue weighted by atomic mass is 9.78. The van der Waals surface area contributed by atoms with Crippen LogP contribution >= 0.6 is 0 Å². The zero-order valence-corrected chi connectivity index (χ0v) is 18.5. The molecule has 2 aliphatic heterocycles. The Morgan fingerprint density at radius 2 is 2.12 bits per heavy atom. The summed E-state index contributed by atoms with van der Waals surface area (Å²) in [6.07, 6.45) is 2.86. The van der Waals surface area contributed by atoms with Crippen molar-refractivity contribution in [2.45, 2.75) is 43.9 Å². The summed E-state index contributed by atoms with van der Waals surface area (Å²) in [6.45, 7) is 6.28. The highest BCUT2D eigenvalue weighted by Gasteiger charge is 2.49. The number of aromatic nitrogens is 5. The van der Waals surface area contributed by atoms with Crippen LogP contribution in [-0.4, -0.2) is 47.6 Å². The molecule has 2 aliphatic rings. The Bertz CT molecular complexity index is 1290. The van der Waals surface area contributed by atoms with Gasteiger partial charge in [-0.25, -0.2) is 14.2 Å². The van der Waals surface area contributed by atoms with Crippen molar-refractivity contribution in [1.82, 2.24) is 30.0 Å². The number of alkyl halides is 1. The van der Waals surface area contributed by atoms with Gasteiger partial charge in [0.2, 0.25) is 0 Å². The second-order valence-electron chi connectivity index (χ2n) is 9.24. The first-order valence-electron chi connectivity index (χ1n) is 10.9. The smallest absolute Gasteiger partial charge is 0.350 e. The Balaban J connectivity index is 1.38. The van der Waals surface area contributed by atoms with Crippen LogP contribution in [0, 0.1) is 5.92 Å². The van der Waals surface area contributed by atoms with Gasteiger partial charge in [-0.15, -0.1) is 5.10 Å². The van der Waals surface area contributed by atoms with Gasteiger partial charge in [0.25, 0.3) is 0 Å². The van der Waals surface area contributed by atoms with Crippen molar-refractivity contribution in [1.29, 1.82) is 0 Å². The number of fused-ring (bicyclic) bond motifs is 2. The van der Waals surface area contributed by atoms with Crippen LogP contribution in [0.3, 0.4) is 0 Å². The summed E-state index contributed by atoms with van der Waals surface area (Å²) in [7, 11) is 1.56. The van der Waals surface area contributed by atoms with Crippen LogP contribution in [0.25, 0.3) is 28.2 Å². The third-order valence-electron chi connectivity index (χ3n) is 6.81. The van der Waals surface area contributed by atoms with E-state index in [2.05, 4.69) is 39.0 Å². The first kappa shape index (κ1) is 21.4. The maximum Gasteiger partial charge on any atom is 0.350 e. The van der Waals surface area contributed by atoms with E-state index in [0.29, 0.717) is 34.5 Å². The summed E-state index contributed by atoms with van der Waals surface area (Å²) >= 11 is 0. The number of halogens is 1. The van der Waals surface area contributed by atoms with Crippen molar-refractivity contribution in [2.75, 3.05) is 0 Å². The fourth-order valence-corrected chi connectivity index (χ4v) is 4.91. The number of benzene rings is 1. The van der Waals surface area contributed by atoms with Crippen molar-refractivity contribution in [3.63, 3.8) is 0 Å². The van der Waals surface area contributed by atoms with E-state index in [1.807, 2.05) is 0 Å². The summed E-state index contributed by atoms with van der Waals surface area (Å²) in [5, 5.41) is 22.5. The predicted molar refractivity (Wildman–Crippen MR) is 122 cm³/mol. The van der Waals surface area contributed by atoms with Gasteiger partial charge < -0.3 is 10.4 Å². The molecule has 0 aliphatic carbocycles. The topological polar surface area (TPSA) is 106 Å². The van der Waals surface area contributed by atoms with Gasteiger partial charge in [-0.3, -0.25) is 4.57 Å². The molecule has 0 radical (unpaired) electrons. The Morgan fingerprint density at radius 3 is 2.82 bits per heavy atom. The molecule has 3 aromatic rings. The monoisotopic (exact) mass is 448 g/mol. The third kappa shape index (κ3) is 3.82. The van der Waals surface area contributed by atoms with E-state index < -0.39 is 11.9 Å². The standard InChI is InChI=1S/C24H25FN6O2/c1-13(16-11-24(2)9-8-19(28-24)21(16)25)17-6-7-18(30-29-17)15-5-4-14(10-20(15)32)22-26-12-31(3)23(33)27-22/h4-7,10,12,16,19,21,28,32H,1,8-9,11H2,2-3H3/t16-,19?,21+,24+/m1/s1. The summed E-state index contributed by atoms with van der Waals surface area (Å²) in [5.41, 5.74) is 2.17. The van der Waals surface area contributed by atoms with E-state index in [-0.39, 0.29) is 29.1 Å². The molecule has 8 nitrogen and oxygen atoms in total. The second kappa shape index (κ2) is 7.84. The molecule has 2 bridgehead atoms. The second-order valence-corrected chi connectivity index (χ2v) is 9.24. The lowest BCUT2D eigenvalue weighted by Gasteiger charge is -2.39. The van der Waals surface area contributed by atoms with Crippen LogP contribution in [0.4, 0.5) is 4.39 Å². The van der Waals surface area contributed by atoms with Gasteiger partial charge in [-0.2, -0.15) is 10.1 Å². The Kier molecular flexibility index (Phi) is 5.08. The van der Waals surface area contributed by atoms with E-state index in [1.54, 1.807) is 31.3 Å². The molecule has 33 heavy (non-hydrogen) atoms. The maximum absolute atomic E-state index is 15.0. The number of nitrogens with one attached hydrogen (secondary N) is 1. The quantitative estimate of drug-likeness (QED) is 0.632. The number of phenolic OH excluding ortho intramolecular Hbond substituents is 1. The van der Waals surface area contributed by atoms with Crippen LogP contribution in [0.5, 0.6) is 5.75 Å². The van der Waals surface area contributed by atoms with Gasteiger partial charge in [0, 0.05) is 35.7 Å². The van der Waals surface area contributed by atoms with Gasteiger partial charge in [-0.1, -0.05) is 12.6 Å². The van der Waals surface area contributed by atoms with E-state index >= 15 is 4.39 Å². The minimum absolute atomic E-state index is 0.0377. The number of aromatic hydroxyl groups is 1. The maximum atomic E-state index is 15.0. The minimum atomic E-state index is -0.997. The normalized spacial score (nSPS) is 26.3. The zero-order chi connectivity index (χ0) is 23.3. The molecule has 2 aromatic heterocycles. The fraction of sp³-hybridized carbons (Fsp3) is 0.375. The number of phenols is 1. The number of allylic oxidation sites excluding steroid dienone is 1. The highest BCUT2D eigenvalue weighted by molar-refractivity contribution is 5.72. The molecule has 2 saturated heterocycles. The number of rotatable bonds is 4. The van der Waals surface area contributed by atoms with Crippen LogP contribution < -0.4 is 11.0 Å². The molecular formula is C24H25FN6O2. The molecular weight excluding hydrogens is 423 g/mol.